The highest BCUT2D eigenvalue weighted by molar-refractivity contribution is 7.92. The van der Waals surface area contributed by atoms with Crippen molar-refractivity contribution in [1.29, 1.82) is 0 Å². The van der Waals surface area contributed by atoms with E-state index in [1.54, 1.807) is 18.2 Å². The van der Waals surface area contributed by atoms with Gasteiger partial charge in [-0.25, -0.2) is 8.42 Å². The monoisotopic (exact) mass is 378 g/mol. The maximum Gasteiger partial charge on any atom is 0.229 e. The minimum absolute atomic E-state index is 0.102. The fraction of sp³-hybridized carbons (Fsp3) is 0.632. The van der Waals surface area contributed by atoms with Gasteiger partial charge in [0.15, 0.2) is 0 Å². The molecule has 5 rings (SSSR count). The third-order valence-corrected chi connectivity index (χ3v) is 6.88. The van der Waals surface area contributed by atoms with Gasteiger partial charge in [0.1, 0.15) is 5.75 Å². The van der Waals surface area contributed by atoms with E-state index >= 15 is 0 Å². The summed E-state index contributed by atoms with van der Waals surface area (Å²) in [7, 11) is -1.91. The summed E-state index contributed by atoms with van der Waals surface area (Å²) in [5, 5.41) is 3.04. The zero-order chi connectivity index (χ0) is 18.5. The molecule has 4 aliphatic carbocycles. The van der Waals surface area contributed by atoms with Crippen molar-refractivity contribution in [2.75, 3.05) is 23.4 Å². The third-order valence-electron chi connectivity index (χ3n) is 6.29. The van der Waals surface area contributed by atoms with Gasteiger partial charge in [-0.1, -0.05) is 0 Å². The van der Waals surface area contributed by atoms with E-state index in [9.17, 15) is 13.2 Å². The number of ether oxygens (including phenoxy) is 1. The summed E-state index contributed by atoms with van der Waals surface area (Å²) in [6.07, 6.45) is 7.26. The van der Waals surface area contributed by atoms with Crippen LogP contribution >= 0.6 is 0 Å². The van der Waals surface area contributed by atoms with E-state index < -0.39 is 10.0 Å². The molecule has 0 aromatic heterocycles. The molecule has 0 aliphatic heterocycles. The molecule has 0 saturated heterocycles. The molecule has 2 N–H and O–H groups in total. The summed E-state index contributed by atoms with van der Waals surface area (Å²) in [6, 6.07) is 5.00. The fourth-order valence-electron chi connectivity index (χ4n) is 5.63. The summed E-state index contributed by atoms with van der Waals surface area (Å²) >= 11 is 0. The van der Waals surface area contributed by atoms with Gasteiger partial charge in [0.2, 0.25) is 15.9 Å². The largest absolute Gasteiger partial charge is 0.494 e. The maximum atomic E-state index is 13.0. The van der Waals surface area contributed by atoms with Gasteiger partial charge in [0.25, 0.3) is 0 Å². The number of amides is 1. The summed E-state index contributed by atoms with van der Waals surface area (Å²) in [4.78, 5) is 13.0. The van der Waals surface area contributed by atoms with Crippen LogP contribution in [0.1, 0.15) is 32.1 Å². The molecule has 4 aliphatic rings. The number of carbonyl (C=O) groups excluding carboxylic acids is 1. The lowest BCUT2D eigenvalue weighted by Crippen LogP contribution is -2.49. The van der Waals surface area contributed by atoms with Gasteiger partial charge in [0, 0.05) is 17.7 Å². The molecule has 1 amide bonds. The van der Waals surface area contributed by atoms with E-state index in [1.165, 1.54) is 39.2 Å². The molecular formula is C19H26N2O4S. The molecule has 4 bridgehead atoms. The predicted molar refractivity (Wildman–Crippen MR) is 101 cm³/mol. The smallest absolute Gasteiger partial charge is 0.229 e. The number of sulfonamides is 1. The van der Waals surface area contributed by atoms with Crippen LogP contribution in [0, 0.1) is 29.6 Å². The SMILES string of the molecule is COc1cc(NC(=O)C2C3CC4CC(C3)CC2C4)ccc1NS(C)(=O)=O. The first-order valence-corrected chi connectivity index (χ1v) is 11.2. The lowest BCUT2D eigenvalue weighted by Gasteiger charge is -2.53. The van der Waals surface area contributed by atoms with Crippen molar-refractivity contribution in [2.24, 2.45) is 29.6 Å². The first-order chi connectivity index (χ1) is 12.3. The first-order valence-electron chi connectivity index (χ1n) is 9.29. The van der Waals surface area contributed by atoms with Gasteiger partial charge < -0.3 is 10.1 Å². The van der Waals surface area contributed by atoms with E-state index in [1.807, 2.05) is 0 Å². The van der Waals surface area contributed by atoms with E-state index in [-0.39, 0.29) is 11.8 Å². The predicted octanol–water partition coefficient (Wildman–Crippen LogP) is 3.08. The molecule has 0 heterocycles. The second-order valence-electron chi connectivity index (χ2n) is 8.24. The molecule has 1 aromatic rings. The molecule has 0 unspecified atom stereocenters. The normalized spacial score (nSPS) is 32.3. The van der Waals surface area contributed by atoms with E-state index in [4.69, 9.17) is 4.74 Å². The Bertz CT molecular complexity index is 793. The molecule has 142 valence electrons. The Balaban J connectivity index is 1.49. The highest BCUT2D eigenvalue weighted by atomic mass is 32.2. The Morgan fingerprint density at radius 3 is 2.23 bits per heavy atom. The quantitative estimate of drug-likeness (QED) is 0.825. The van der Waals surface area contributed by atoms with Crippen LogP contribution in [0.25, 0.3) is 0 Å². The van der Waals surface area contributed by atoms with Crippen LogP contribution in [0.4, 0.5) is 11.4 Å². The Labute approximate surface area is 154 Å². The van der Waals surface area contributed by atoms with Gasteiger partial charge in [-0.05, 0) is 67.9 Å². The van der Waals surface area contributed by atoms with Crippen molar-refractivity contribution in [1.82, 2.24) is 0 Å². The van der Waals surface area contributed by atoms with Gasteiger partial charge in [-0.3, -0.25) is 9.52 Å². The van der Waals surface area contributed by atoms with Crippen LogP contribution in [0.3, 0.4) is 0 Å². The minimum atomic E-state index is -3.39. The molecular weight excluding hydrogens is 352 g/mol. The lowest BCUT2D eigenvalue weighted by molar-refractivity contribution is -0.132. The Morgan fingerprint density at radius 2 is 1.69 bits per heavy atom. The summed E-state index contributed by atoms with van der Waals surface area (Å²) in [6.45, 7) is 0. The Kier molecular flexibility index (Phi) is 4.37. The second-order valence-corrected chi connectivity index (χ2v) is 9.98. The van der Waals surface area contributed by atoms with Crippen LogP contribution in [0.15, 0.2) is 18.2 Å². The van der Waals surface area contributed by atoms with Gasteiger partial charge in [-0.2, -0.15) is 0 Å². The first kappa shape index (κ1) is 17.6. The van der Waals surface area contributed by atoms with E-state index in [2.05, 4.69) is 10.0 Å². The highest BCUT2D eigenvalue weighted by Crippen LogP contribution is 2.56. The van der Waals surface area contributed by atoms with Crippen LogP contribution in [-0.2, 0) is 14.8 Å². The Morgan fingerprint density at radius 1 is 1.08 bits per heavy atom. The number of hydrogen-bond donors (Lipinski definition) is 2. The van der Waals surface area contributed by atoms with Crippen LogP contribution in [0.2, 0.25) is 0 Å². The van der Waals surface area contributed by atoms with Crippen molar-refractivity contribution < 1.29 is 17.9 Å². The van der Waals surface area contributed by atoms with Crippen LogP contribution in [-0.4, -0.2) is 27.7 Å². The van der Waals surface area contributed by atoms with E-state index in [0.29, 0.717) is 29.0 Å². The van der Waals surface area contributed by atoms with Crippen molar-refractivity contribution in [2.45, 2.75) is 32.1 Å². The zero-order valence-electron chi connectivity index (χ0n) is 15.2. The van der Waals surface area contributed by atoms with Crippen molar-refractivity contribution in [3.63, 3.8) is 0 Å². The Hall–Kier alpha value is -1.76. The number of anilines is 2. The number of carbonyl (C=O) groups is 1. The lowest BCUT2D eigenvalue weighted by atomic mass is 9.51. The molecule has 7 heteroatoms. The molecule has 0 radical (unpaired) electrons. The summed E-state index contributed by atoms with van der Waals surface area (Å²) in [5.41, 5.74) is 1.00. The van der Waals surface area contributed by atoms with Gasteiger partial charge in [0.05, 0.1) is 19.1 Å². The van der Waals surface area contributed by atoms with Crippen molar-refractivity contribution >= 4 is 27.3 Å². The van der Waals surface area contributed by atoms with Gasteiger partial charge >= 0.3 is 0 Å². The average molecular weight is 378 g/mol. The standard InChI is InChI=1S/C19H26N2O4S/c1-25-17-10-15(3-4-16(17)21-26(2,23)24)20-19(22)18-13-6-11-5-12(8-13)9-14(18)7-11/h3-4,10-14,18,21H,5-9H2,1-2H3,(H,20,22). The zero-order valence-corrected chi connectivity index (χ0v) is 16.0. The van der Waals surface area contributed by atoms with E-state index in [0.717, 1.165) is 18.1 Å². The third kappa shape index (κ3) is 3.41. The highest BCUT2D eigenvalue weighted by Gasteiger charge is 2.50. The number of nitrogens with one attached hydrogen (secondary N) is 2. The fourth-order valence-corrected chi connectivity index (χ4v) is 6.20. The number of benzene rings is 1. The summed E-state index contributed by atoms with van der Waals surface area (Å²) < 4.78 is 30.6. The molecule has 4 fully saturated rings. The molecule has 6 nitrogen and oxygen atoms in total. The summed E-state index contributed by atoms with van der Waals surface area (Å²) in [5.74, 6) is 3.33. The number of hydrogen-bond acceptors (Lipinski definition) is 4. The van der Waals surface area contributed by atoms with Crippen LogP contribution in [0.5, 0.6) is 5.75 Å². The maximum absolute atomic E-state index is 13.0. The molecule has 1 aromatic carbocycles. The topological polar surface area (TPSA) is 84.5 Å². The van der Waals surface area contributed by atoms with Crippen molar-refractivity contribution in [3.05, 3.63) is 18.2 Å². The van der Waals surface area contributed by atoms with Gasteiger partial charge in [-0.15, -0.1) is 0 Å². The molecule has 0 spiro atoms. The average Bonchev–Trinajstić information content (AvgIpc) is 2.54. The van der Waals surface area contributed by atoms with Crippen molar-refractivity contribution in [3.8, 4) is 5.75 Å². The molecule has 26 heavy (non-hydrogen) atoms. The minimum Gasteiger partial charge on any atom is -0.494 e. The molecule has 4 saturated carbocycles. The number of rotatable bonds is 5. The second kappa shape index (κ2) is 6.44. The molecule has 0 atom stereocenters. The van der Waals surface area contributed by atoms with Crippen LogP contribution < -0.4 is 14.8 Å². The number of methoxy groups -OCH3 is 1.